The highest BCUT2D eigenvalue weighted by Gasteiger charge is 2.22. The summed E-state index contributed by atoms with van der Waals surface area (Å²) < 4.78 is 5.24. The van der Waals surface area contributed by atoms with E-state index >= 15 is 0 Å². The average Bonchev–Trinajstić information content (AvgIpc) is 2.33. The number of ether oxygens (including phenoxy) is 1. The zero-order valence-corrected chi connectivity index (χ0v) is 10.4. The average molecular weight is 241 g/mol. The van der Waals surface area contributed by atoms with Gasteiger partial charge in [0.05, 0.1) is 13.2 Å². The van der Waals surface area contributed by atoms with Gasteiger partial charge in [0.15, 0.2) is 0 Å². The lowest BCUT2D eigenvalue weighted by molar-refractivity contribution is -0.129. The Kier molecular flexibility index (Phi) is 4.76. The number of nitrogens with zero attached hydrogens (tertiary/aromatic N) is 1. The second-order valence-electron chi connectivity index (χ2n) is 5.12. The molecule has 5 heteroatoms. The van der Waals surface area contributed by atoms with Crippen molar-refractivity contribution in [1.29, 1.82) is 0 Å². The minimum atomic E-state index is 0.146. The van der Waals surface area contributed by atoms with Crippen molar-refractivity contribution in [3.05, 3.63) is 0 Å². The number of amides is 1. The molecule has 1 saturated carbocycles. The smallest absolute Gasteiger partial charge is 0.234 e. The number of morpholine rings is 1. The van der Waals surface area contributed by atoms with E-state index in [0.717, 1.165) is 38.8 Å². The van der Waals surface area contributed by atoms with Crippen LogP contribution >= 0.6 is 0 Å². The minimum absolute atomic E-state index is 0.146. The number of hydrogen-bond donors (Lipinski definition) is 2. The van der Waals surface area contributed by atoms with Gasteiger partial charge in [-0.25, -0.2) is 5.01 Å². The van der Waals surface area contributed by atoms with Crippen LogP contribution in [0.2, 0.25) is 0 Å². The molecule has 1 heterocycles. The fourth-order valence-corrected chi connectivity index (χ4v) is 2.55. The van der Waals surface area contributed by atoms with E-state index in [2.05, 4.69) is 5.43 Å². The molecule has 1 amide bonds. The van der Waals surface area contributed by atoms with Crippen LogP contribution in [0, 0.1) is 5.92 Å². The summed E-state index contributed by atoms with van der Waals surface area (Å²) in [6.07, 6.45) is 4.96. The molecule has 17 heavy (non-hydrogen) atoms. The van der Waals surface area contributed by atoms with Crippen LogP contribution < -0.4 is 11.2 Å². The first-order valence-corrected chi connectivity index (χ1v) is 6.62. The Balaban J connectivity index is 1.66. The van der Waals surface area contributed by atoms with Gasteiger partial charge < -0.3 is 10.5 Å². The molecule has 5 nitrogen and oxygen atoms in total. The van der Waals surface area contributed by atoms with E-state index in [-0.39, 0.29) is 5.91 Å². The Labute approximate surface area is 103 Å². The molecular formula is C12H23N3O2. The van der Waals surface area contributed by atoms with E-state index in [1.54, 1.807) is 0 Å². The summed E-state index contributed by atoms with van der Waals surface area (Å²) in [5.41, 5.74) is 8.82. The fraction of sp³-hybridized carbons (Fsp3) is 0.917. The maximum absolute atomic E-state index is 11.8. The molecule has 0 unspecified atom stereocenters. The van der Waals surface area contributed by atoms with E-state index in [1.807, 2.05) is 5.01 Å². The summed E-state index contributed by atoms with van der Waals surface area (Å²) in [6.45, 7) is 3.00. The molecule has 98 valence electrons. The number of hydrazine groups is 1. The van der Waals surface area contributed by atoms with E-state index < -0.39 is 0 Å². The molecular weight excluding hydrogens is 218 g/mol. The van der Waals surface area contributed by atoms with Crippen molar-refractivity contribution >= 4 is 5.91 Å². The summed E-state index contributed by atoms with van der Waals surface area (Å²) in [5.74, 6) is 0.670. The van der Waals surface area contributed by atoms with E-state index in [9.17, 15) is 4.79 Å². The fourth-order valence-electron chi connectivity index (χ4n) is 2.55. The molecule has 2 fully saturated rings. The van der Waals surface area contributed by atoms with Crippen LogP contribution in [-0.4, -0.2) is 43.3 Å². The van der Waals surface area contributed by atoms with Crippen molar-refractivity contribution in [2.75, 3.05) is 26.3 Å². The van der Waals surface area contributed by atoms with Crippen molar-refractivity contribution in [3.63, 3.8) is 0 Å². The largest absolute Gasteiger partial charge is 0.379 e. The van der Waals surface area contributed by atoms with Crippen LogP contribution in [0.4, 0.5) is 0 Å². The monoisotopic (exact) mass is 241 g/mol. The van der Waals surface area contributed by atoms with Crippen LogP contribution in [-0.2, 0) is 9.53 Å². The molecule has 2 rings (SSSR count). The predicted molar refractivity (Wildman–Crippen MR) is 65.1 cm³/mol. The van der Waals surface area contributed by atoms with Crippen molar-refractivity contribution in [2.45, 2.75) is 38.1 Å². The lowest BCUT2D eigenvalue weighted by atomic mass is 9.84. The van der Waals surface area contributed by atoms with Gasteiger partial charge in [0, 0.05) is 25.6 Å². The molecule has 0 spiro atoms. The number of carbonyl (C=O) groups excluding carboxylic acids is 1. The SMILES string of the molecule is NC1CCC(CC(=O)NN2CCOCC2)CC1. The van der Waals surface area contributed by atoms with E-state index in [1.165, 1.54) is 0 Å². The van der Waals surface area contributed by atoms with Gasteiger partial charge in [0.2, 0.25) is 5.91 Å². The quantitative estimate of drug-likeness (QED) is 0.743. The van der Waals surface area contributed by atoms with Gasteiger partial charge in [0.1, 0.15) is 0 Å². The van der Waals surface area contributed by atoms with E-state index in [4.69, 9.17) is 10.5 Å². The Bertz CT molecular complexity index is 246. The third kappa shape index (κ3) is 4.26. The third-order valence-corrected chi connectivity index (χ3v) is 3.66. The van der Waals surface area contributed by atoms with Crippen LogP contribution in [0.15, 0.2) is 0 Å². The van der Waals surface area contributed by atoms with Gasteiger partial charge in [-0.05, 0) is 31.6 Å². The Morgan fingerprint density at radius 2 is 1.88 bits per heavy atom. The van der Waals surface area contributed by atoms with Gasteiger partial charge >= 0.3 is 0 Å². The normalized spacial score (nSPS) is 31.1. The highest BCUT2D eigenvalue weighted by molar-refractivity contribution is 5.75. The van der Waals surface area contributed by atoms with Gasteiger partial charge in [-0.1, -0.05) is 0 Å². The lowest BCUT2D eigenvalue weighted by Gasteiger charge is -2.29. The molecule has 0 aromatic rings. The molecule has 1 aliphatic heterocycles. The zero-order chi connectivity index (χ0) is 12.1. The standard InChI is InChI=1S/C12H23N3O2/c13-11-3-1-10(2-4-11)9-12(16)14-15-5-7-17-8-6-15/h10-11H,1-9,13H2,(H,14,16). The minimum Gasteiger partial charge on any atom is -0.379 e. The number of nitrogens with one attached hydrogen (secondary N) is 1. The number of hydrogen-bond acceptors (Lipinski definition) is 4. The highest BCUT2D eigenvalue weighted by atomic mass is 16.5. The van der Waals surface area contributed by atoms with Crippen LogP contribution in [0.25, 0.3) is 0 Å². The molecule has 0 radical (unpaired) electrons. The summed E-state index contributed by atoms with van der Waals surface area (Å²) >= 11 is 0. The lowest BCUT2D eigenvalue weighted by Crippen LogP contribution is -2.48. The second kappa shape index (κ2) is 6.33. The molecule has 0 aromatic heterocycles. The van der Waals surface area contributed by atoms with Gasteiger partial charge in [0.25, 0.3) is 0 Å². The van der Waals surface area contributed by atoms with E-state index in [0.29, 0.717) is 31.6 Å². The summed E-state index contributed by atoms with van der Waals surface area (Å²) in [7, 11) is 0. The van der Waals surface area contributed by atoms with Crippen LogP contribution in [0.5, 0.6) is 0 Å². The first kappa shape index (κ1) is 12.8. The second-order valence-corrected chi connectivity index (χ2v) is 5.12. The van der Waals surface area contributed by atoms with Crippen LogP contribution in [0.3, 0.4) is 0 Å². The Morgan fingerprint density at radius 1 is 1.24 bits per heavy atom. The predicted octanol–water partition coefficient (Wildman–Crippen LogP) is 0.257. The summed E-state index contributed by atoms with van der Waals surface area (Å²) in [5, 5.41) is 1.96. The maximum Gasteiger partial charge on any atom is 0.234 e. The molecule has 3 N–H and O–H groups in total. The van der Waals surface area contributed by atoms with Crippen molar-refractivity contribution < 1.29 is 9.53 Å². The molecule has 1 aliphatic carbocycles. The Hall–Kier alpha value is -0.650. The van der Waals surface area contributed by atoms with Crippen molar-refractivity contribution in [3.8, 4) is 0 Å². The number of rotatable bonds is 3. The first-order valence-electron chi connectivity index (χ1n) is 6.62. The summed E-state index contributed by atoms with van der Waals surface area (Å²) in [4.78, 5) is 11.8. The molecule has 0 bridgehead atoms. The highest BCUT2D eigenvalue weighted by Crippen LogP contribution is 2.25. The van der Waals surface area contributed by atoms with Gasteiger partial charge in [-0.15, -0.1) is 0 Å². The van der Waals surface area contributed by atoms with Crippen molar-refractivity contribution in [2.24, 2.45) is 11.7 Å². The van der Waals surface area contributed by atoms with Gasteiger partial charge in [-0.3, -0.25) is 10.2 Å². The first-order chi connectivity index (χ1) is 8.24. The number of nitrogens with two attached hydrogens (primary N) is 1. The third-order valence-electron chi connectivity index (χ3n) is 3.66. The maximum atomic E-state index is 11.8. The molecule has 1 saturated heterocycles. The topological polar surface area (TPSA) is 67.6 Å². The van der Waals surface area contributed by atoms with Crippen LogP contribution in [0.1, 0.15) is 32.1 Å². The number of carbonyl (C=O) groups is 1. The van der Waals surface area contributed by atoms with Crippen molar-refractivity contribution in [1.82, 2.24) is 10.4 Å². The molecule has 0 atom stereocenters. The Morgan fingerprint density at radius 3 is 2.53 bits per heavy atom. The van der Waals surface area contributed by atoms with Gasteiger partial charge in [-0.2, -0.15) is 0 Å². The zero-order valence-electron chi connectivity index (χ0n) is 10.4. The molecule has 0 aromatic carbocycles. The molecule has 2 aliphatic rings. The summed E-state index contributed by atoms with van der Waals surface area (Å²) in [6, 6.07) is 0.355.